The van der Waals surface area contributed by atoms with Gasteiger partial charge in [-0.1, -0.05) is 0 Å². The molecule has 2 N–H and O–H groups in total. The maximum Gasteiger partial charge on any atom is 0.254 e. The Morgan fingerprint density at radius 3 is 2.83 bits per heavy atom. The topological polar surface area (TPSA) is 95.8 Å². The lowest BCUT2D eigenvalue weighted by Gasteiger charge is -2.22. The van der Waals surface area contributed by atoms with Crippen molar-refractivity contribution >= 4 is 22.6 Å². The molecule has 1 amide bonds. The van der Waals surface area contributed by atoms with Crippen LogP contribution in [0.15, 0.2) is 42.7 Å². The minimum atomic E-state index is -1.11. The molecule has 1 saturated heterocycles. The Kier molecular flexibility index (Phi) is 4.39. The van der Waals surface area contributed by atoms with E-state index >= 15 is 0 Å². The average Bonchev–Trinajstić information content (AvgIpc) is 3.48. The molecule has 1 unspecified atom stereocenters. The second-order valence-corrected chi connectivity index (χ2v) is 7.32. The number of nitrogens with one attached hydrogen (secondary N) is 1. The number of alkyl halides is 1. The van der Waals surface area contributed by atoms with E-state index in [0.717, 1.165) is 22.3 Å². The van der Waals surface area contributed by atoms with Crippen LogP contribution in [0.2, 0.25) is 0 Å². The number of carbonyl (C=O) groups is 1. The summed E-state index contributed by atoms with van der Waals surface area (Å²) in [5.41, 5.74) is 3.78. The fraction of sp³-hybridized carbons (Fsp3) is 0.286. The largest absolute Gasteiger partial charge is 0.497 e. The summed E-state index contributed by atoms with van der Waals surface area (Å²) in [5.74, 6) is 0.645. The third kappa shape index (κ3) is 2.81. The zero-order chi connectivity index (χ0) is 20.8. The van der Waals surface area contributed by atoms with Gasteiger partial charge < -0.3 is 19.7 Å². The van der Waals surface area contributed by atoms with Crippen LogP contribution in [0.4, 0.5) is 4.39 Å². The van der Waals surface area contributed by atoms with Crippen molar-refractivity contribution in [3.8, 4) is 17.0 Å². The highest BCUT2D eigenvalue weighted by Crippen LogP contribution is 2.37. The predicted molar refractivity (Wildman–Crippen MR) is 108 cm³/mol. The van der Waals surface area contributed by atoms with E-state index in [1.807, 2.05) is 34.7 Å². The highest BCUT2D eigenvalue weighted by molar-refractivity contribution is 5.85. The molecule has 1 aromatic carbocycles. The third-order valence-corrected chi connectivity index (χ3v) is 5.57. The summed E-state index contributed by atoms with van der Waals surface area (Å²) in [6.07, 6.45) is 3.07. The molecule has 0 spiro atoms. The van der Waals surface area contributed by atoms with E-state index < -0.39 is 24.7 Å². The third-order valence-electron chi connectivity index (χ3n) is 5.57. The molecule has 1 aliphatic heterocycles. The summed E-state index contributed by atoms with van der Waals surface area (Å²) in [4.78, 5) is 26.0. The van der Waals surface area contributed by atoms with Gasteiger partial charge in [-0.2, -0.15) is 0 Å². The minimum Gasteiger partial charge on any atom is -0.497 e. The predicted octanol–water partition coefficient (Wildman–Crippen LogP) is 2.49. The lowest BCUT2D eigenvalue weighted by molar-refractivity contribution is -0.133. The van der Waals surface area contributed by atoms with Gasteiger partial charge in [-0.3, -0.25) is 9.20 Å². The molecule has 0 bridgehead atoms. The summed E-state index contributed by atoms with van der Waals surface area (Å²) in [5, 5.41) is 10.2. The molecule has 0 saturated carbocycles. The monoisotopic (exact) mass is 409 g/mol. The Bertz CT molecular complexity index is 1230. The Hall–Kier alpha value is -3.46. The Morgan fingerprint density at radius 1 is 1.30 bits per heavy atom. The standard InChI is InChI=1S/C21H20FN5O3/c1-30-14-4-2-12(3-5-14)19-17-10-24-20-15(6-7-23-20)27(17)21(25-19)16-8-13(28)11-26(16)18(29)9-22/h2-7,10,13,16,23,28H,8-9,11H2,1H3/t13-,16?/m1/s1. The number of ether oxygens (including phenoxy) is 1. The minimum absolute atomic E-state index is 0.0849. The van der Waals surface area contributed by atoms with Gasteiger partial charge in [-0.15, -0.1) is 0 Å². The summed E-state index contributed by atoms with van der Waals surface area (Å²) in [6.45, 7) is -1.03. The van der Waals surface area contributed by atoms with E-state index in [9.17, 15) is 14.3 Å². The molecular formula is C21H20FN5O3. The number of nitrogens with zero attached hydrogens (tertiary/aromatic N) is 4. The van der Waals surface area contributed by atoms with E-state index in [1.54, 1.807) is 19.5 Å². The highest BCUT2D eigenvalue weighted by atomic mass is 19.1. The number of imidazole rings is 1. The first kappa shape index (κ1) is 18.6. The second kappa shape index (κ2) is 7.10. The number of likely N-dealkylation sites (tertiary alicyclic amines) is 1. The van der Waals surface area contributed by atoms with Gasteiger partial charge in [0.15, 0.2) is 12.3 Å². The van der Waals surface area contributed by atoms with Gasteiger partial charge in [-0.05, 0) is 30.3 Å². The smallest absolute Gasteiger partial charge is 0.254 e. The quantitative estimate of drug-likeness (QED) is 0.540. The molecule has 8 nitrogen and oxygen atoms in total. The molecule has 3 aromatic heterocycles. The average molecular weight is 409 g/mol. The van der Waals surface area contributed by atoms with Crippen molar-refractivity contribution in [3.05, 3.63) is 48.5 Å². The maximum atomic E-state index is 13.2. The normalized spacial score (nSPS) is 19.1. The van der Waals surface area contributed by atoms with Gasteiger partial charge in [0.2, 0.25) is 0 Å². The number of methoxy groups -OCH3 is 1. The van der Waals surface area contributed by atoms with E-state index in [2.05, 4.69) is 9.97 Å². The zero-order valence-corrected chi connectivity index (χ0v) is 16.2. The number of H-pyrrole nitrogens is 1. The number of aromatic nitrogens is 4. The summed E-state index contributed by atoms with van der Waals surface area (Å²) in [6, 6.07) is 8.84. The van der Waals surface area contributed by atoms with Crippen LogP contribution in [0.3, 0.4) is 0 Å². The van der Waals surface area contributed by atoms with Gasteiger partial charge in [-0.25, -0.2) is 14.4 Å². The second-order valence-electron chi connectivity index (χ2n) is 7.32. The van der Waals surface area contributed by atoms with Crippen molar-refractivity contribution in [3.63, 3.8) is 0 Å². The lowest BCUT2D eigenvalue weighted by atomic mass is 10.1. The Morgan fingerprint density at radius 2 is 2.10 bits per heavy atom. The van der Waals surface area contributed by atoms with Crippen molar-refractivity contribution in [1.29, 1.82) is 0 Å². The number of aromatic amines is 1. The molecule has 2 atom stereocenters. The van der Waals surface area contributed by atoms with Crippen LogP contribution in [-0.4, -0.2) is 61.7 Å². The van der Waals surface area contributed by atoms with Crippen molar-refractivity contribution < 1.29 is 19.0 Å². The van der Waals surface area contributed by atoms with Crippen molar-refractivity contribution in [2.45, 2.75) is 18.6 Å². The van der Waals surface area contributed by atoms with Crippen molar-refractivity contribution in [2.24, 2.45) is 0 Å². The van der Waals surface area contributed by atoms with Crippen LogP contribution in [0, 0.1) is 0 Å². The maximum absolute atomic E-state index is 13.2. The SMILES string of the molecule is COc1ccc(-c2nc(C3C[C@@H](O)CN3C(=O)CF)n3c2cnc2[nH]ccc23)cc1. The first-order chi connectivity index (χ1) is 14.6. The number of hydrogen-bond donors (Lipinski definition) is 2. The number of aliphatic hydroxyl groups is 1. The van der Waals surface area contributed by atoms with E-state index in [1.165, 1.54) is 4.90 Å². The number of rotatable bonds is 4. The number of β-amino-alcohol motifs (C(OH)–C–C–N with tert-alkyl or cyclic N) is 1. The number of hydrogen-bond acceptors (Lipinski definition) is 5. The number of carbonyl (C=O) groups excluding carboxylic acids is 1. The van der Waals surface area contributed by atoms with Crippen LogP contribution in [-0.2, 0) is 4.79 Å². The van der Waals surface area contributed by atoms with Gasteiger partial charge in [0, 0.05) is 24.7 Å². The summed E-state index contributed by atoms with van der Waals surface area (Å²) < 4.78 is 20.4. The van der Waals surface area contributed by atoms with E-state index in [0.29, 0.717) is 23.6 Å². The van der Waals surface area contributed by atoms with Gasteiger partial charge in [0.25, 0.3) is 5.91 Å². The van der Waals surface area contributed by atoms with Gasteiger partial charge in [0.05, 0.1) is 42.2 Å². The van der Waals surface area contributed by atoms with Crippen LogP contribution in [0.25, 0.3) is 27.9 Å². The fourth-order valence-electron chi connectivity index (χ4n) is 4.18. The van der Waals surface area contributed by atoms with Crippen LogP contribution in [0.1, 0.15) is 18.3 Å². The molecule has 30 heavy (non-hydrogen) atoms. The summed E-state index contributed by atoms with van der Waals surface area (Å²) in [7, 11) is 1.60. The van der Waals surface area contributed by atoms with Crippen molar-refractivity contribution in [1.82, 2.24) is 24.3 Å². The Balaban J connectivity index is 1.74. The van der Waals surface area contributed by atoms with Crippen LogP contribution < -0.4 is 4.74 Å². The van der Waals surface area contributed by atoms with E-state index in [-0.39, 0.29) is 6.54 Å². The zero-order valence-electron chi connectivity index (χ0n) is 16.2. The molecule has 4 aromatic rings. The molecule has 5 rings (SSSR count). The van der Waals surface area contributed by atoms with Crippen LogP contribution in [0.5, 0.6) is 5.75 Å². The molecule has 9 heteroatoms. The highest BCUT2D eigenvalue weighted by Gasteiger charge is 2.38. The molecule has 154 valence electrons. The number of amides is 1. The van der Waals surface area contributed by atoms with Gasteiger partial charge in [0.1, 0.15) is 11.6 Å². The molecular weight excluding hydrogens is 389 g/mol. The number of halogens is 1. The lowest BCUT2D eigenvalue weighted by Crippen LogP contribution is -2.33. The van der Waals surface area contributed by atoms with E-state index in [4.69, 9.17) is 9.72 Å². The van der Waals surface area contributed by atoms with Crippen LogP contribution >= 0.6 is 0 Å². The first-order valence-electron chi connectivity index (χ1n) is 9.63. The van der Waals surface area contributed by atoms with Crippen molar-refractivity contribution in [2.75, 3.05) is 20.3 Å². The number of fused-ring (bicyclic) bond motifs is 3. The molecule has 0 aliphatic carbocycles. The molecule has 1 fully saturated rings. The first-order valence-corrected chi connectivity index (χ1v) is 9.63. The molecule has 1 aliphatic rings. The molecule has 0 radical (unpaired) electrons. The van der Waals surface area contributed by atoms with Gasteiger partial charge >= 0.3 is 0 Å². The summed E-state index contributed by atoms with van der Waals surface area (Å²) >= 11 is 0. The number of aliphatic hydroxyl groups excluding tert-OH is 1. The number of benzene rings is 1. The molecule has 4 heterocycles. The Labute approximate surface area is 170 Å². The fourth-order valence-corrected chi connectivity index (χ4v) is 4.18.